The van der Waals surface area contributed by atoms with E-state index in [4.69, 9.17) is 4.74 Å². The van der Waals surface area contributed by atoms with Crippen LogP contribution in [-0.4, -0.2) is 57.4 Å². The van der Waals surface area contributed by atoms with E-state index in [1.807, 2.05) is 55.4 Å². The average molecular weight is 486 g/mol. The Bertz CT molecular complexity index is 1210. The molecule has 4 heterocycles. The second kappa shape index (κ2) is 9.62. The number of aromatic nitrogens is 2. The van der Waals surface area contributed by atoms with Crippen molar-refractivity contribution in [1.29, 1.82) is 0 Å². The molecule has 0 aliphatic carbocycles. The molecule has 6 rings (SSSR count). The predicted molar refractivity (Wildman–Crippen MR) is 141 cm³/mol. The highest BCUT2D eigenvalue weighted by Gasteiger charge is 2.42. The molecule has 2 aromatic carbocycles. The number of imidazole rings is 1. The number of fused-ring (bicyclic) bond motifs is 4. The molecule has 0 radical (unpaired) electrons. The van der Waals surface area contributed by atoms with Crippen LogP contribution in [0.15, 0.2) is 54.9 Å². The molecule has 7 nitrogen and oxygen atoms in total. The second-order valence-electron chi connectivity index (χ2n) is 10.3. The number of hydrogen-bond donors (Lipinski definition) is 1. The van der Waals surface area contributed by atoms with Crippen LogP contribution >= 0.6 is 0 Å². The molecular weight excluding hydrogens is 450 g/mol. The third-order valence-electron chi connectivity index (χ3n) is 8.23. The molecule has 2 fully saturated rings. The number of para-hydroxylation sites is 2. The zero-order valence-corrected chi connectivity index (χ0v) is 21.2. The minimum atomic E-state index is 0.0531. The minimum Gasteiger partial charge on any atom is -0.453 e. The fraction of sp³-hybridized carbons (Fsp3) is 0.448. The van der Waals surface area contributed by atoms with Crippen molar-refractivity contribution < 1.29 is 9.53 Å². The van der Waals surface area contributed by atoms with Crippen LogP contribution in [-0.2, 0) is 6.54 Å². The monoisotopic (exact) mass is 485 g/mol. The summed E-state index contributed by atoms with van der Waals surface area (Å²) in [6, 6.07) is 15.5. The Morgan fingerprint density at radius 1 is 1.06 bits per heavy atom. The van der Waals surface area contributed by atoms with E-state index in [2.05, 4.69) is 38.0 Å². The highest BCUT2D eigenvalue weighted by molar-refractivity contribution is 5.96. The van der Waals surface area contributed by atoms with Gasteiger partial charge in [-0.2, -0.15) is 0 Å². The first-order chi connectivity index (χ1) is 17.6. The van der Waals surface area contributed by atoms with Crippen molar-refractivity contribution >= 4 is 17.3 Å². The van der Waals surface area contributed by atoms with Gasteiger partial charge in [0.25, 0.3) is 5.91 Å². The Hall–Kier alpha value is -3.32. The number of ether oxygens (including phenoxy) is 1. The molecule has 36 heavy (non-hydrogen) atoms. The molecule has 1 unspecified atom stereocenters. The summed E-state index contributed by atoms with van der Waals surface area (Å²) in [5, 5.41) is 0. The van der Waals surface area contributed by atoms with Crippen molar-refractivity contribution in [2.75, 3.05) is 24.5 Å². The molecule has 7 heteroatoms. The van der Waals surface area contributed by atoms with Gasteiger partial charge in [0.1, 0.15) is 5.82 Å². The quantitative estimate of drug-likeness (QED) is 0.473. The Morgan fingerprint density at radius 2 is 1.81 bits per heavy atom. The molecule has 2 saturated heterocycles. The summed E-state index contributed by atoms with van der Waals surface area (Å²) in [5.74, 6) is 3.35. The van der Waals surface area contributed by atoms with E-state index in [9.17, 15) is 4.79 Å². The fourth-order valence-corrected chi connectivity index (χ4v) is 6.47. The zero-order chi connectivity index (χ0) is 24.6. The Morgan fingerprint density at radius 3 is 2.53 bits per heavy atom. The van der Waals surface area contributed by atoms with Gasteiger partial charge in [0.15, 0.2) is 11.5 Å². The number of rotatable bonds is 7. The Kier molecular flexibility index (Phi) is 6.17. The van der Waals surface area contributed by atoms with Gasteiger partial charge in [0.2, 0.25) is 0 Å². The number of nitrogens with zero attached hydrogens (tertiary/aromatic N) is 4. The molecule has 3 atom stereocenters. The van der Waals surface area contributed by atoms with Crippen molar-refractivity contribution in [2.45, 2.75) is 58.2 Å². The van der Waals surface area contributed by atoms with E-state index >= 15 is 0 Å². The summed E-state index contributed by atoms with van der Waals surface area (Å²) >= 11 is 0. The molecule has 3 aliphatic rings. The number of aromatic amines is 1. The Balaban J connectivity index is 1.25. The third kappa shape index (κ3) is 4.15. The van der Waals surface area contributed by atoms with Gasteiger partial charge in [-0.15, -0.1) is 0 Å². The van der Waals surface area contributed by atoms with Crippen molar-refractivity contribution in [3.8, 4) is 11.5 Å². The smallest absolute Gasteiger partial charge is 0.253 e. The number of benzene rings is 2. The maximum Gasteiger partial charge on any atom is 0.253 e. The zero-order valence-electron chi connectivity index (χ0n) is 21.2. The third-order valence-corrected chi connectivity index (χ3v) is 8.23. The van der Waals surface area contributed by atoms with Crippen LogP contribution in [0.5, 0.6) is 11.5 Å². The molecule has 0 saturated carbocycles. The standard InChI is InChI=1S/C29H35N5O2/c1-3-32(4-2)29(35)21-9-12-25-27(17-21)36-26-8-6-5-7-24(26)34(25)18-20-15-22-10-11-23(16-20)33(22)19-28-30-13-14-31-28/h5-9,12-14,17,20,22-23H,3-4,10-11,15-16,18-19H2,1-2H3,(H,30,31)/t20?,22-,23+. The van der Waals surface area contributed by atoms with Crippen molar-refractivity contribution in [3.05, 3.63) is 66.2 Å². The minimum absolute atomic E-state index is 0.0531. The molecule has 3 aliphatic heterocycles. The van der Waals surface area contributed by atoms with E-state index in [0.717, 1.165) is 41.8 Å². The Labute approximate surface area is 213 Å². The lowest BCUT2D eigenvalue weighted by Gasteiger charge is -2.42. The van der Waals surface area contributed by atoms with Gasteiger partial charge in [-0.25, -0.2) is 4.98 Å². The maximum atomic E-state index is 13.0. The summed E-state index contributed by atoms with van der Waals surface area (Å²) in [4.78, 5) is 27.7. The summed E-state index contributed by atoms with van der Waals surface area (Å²) in [5.41, 5.74) is 2.84. The van der Waals surface area contributed by atoms with Gasteiger partial charge in [0.05, 0.1) is 17.9 Å². The normalized spacial score (nSPS) is 22.6. The lowest BCUT2D eigenvalue weighted by molar-refractivity contribution is 0.0772. The summed E-state index contributed by atoms with van der Waals surface area (Å²) in [6.45, 7) is 7.30. The number of piperidine rings is 1. The fourth-order valence-electron chi connectivity index (χ4n) is 6.47. The molecule has 0 spiro atoms. The van der Waals surface area contributed by atoms with Crippen LogP contribution in [0.25, 0.3) is 0 Å². The van der Waals surface area contributed by atoms with Gasteiger partial charge in [-0.1, -0.05) is 12.1 Å². The molecule has 3 aromatic rings. The molecule has 2 bridgehead atoms. The summed E-state index contributed by atoms with van der Waals surface area (Å²) in [7, 11) is 0. The highest BCUT2D eigenvalue weighted by atomic mass is 16.5. The number of H-pyrrole nitrogens is 1. The van der Waals surface area contributed by atoms with Crippen LogP contribution in [0, 0.1) is 5.92 Å². The van der Waals surface area contributed by atoms with E-state index in [0.29, 0.717) is 36.7 Å². The van der Waals surface area contributed by atoms with E-state index < -0.39 is 0 Å². The largest absolute Gasteiger partial charge is 0.453 e. The first-order valence-corrected chi connectivity index (χ1v) is 13.4. The number of anilines is 2. The van der Waals surface area contributed by atoms with Crippen molar-refractivity contribution in [1.82, 2.24) is 19.8 Å². The van der Waals surface area contributed by atoms with E-state index in [1.165, 1.54) is 25.7 Å². The lowest BCUT2D eigenvalue weighted by atomic mass is 9.89. The first-order valence-electron chi connectivity index (χ1n) is 13.4. The summed E-state index contributed by atoms with van der Waals surface area (Å²) < 4.78 is 6.33. The average Bonchev–Trinajstić information content (AvgIpc) is 3.49. The number of carbonyl (C=O) groups excluding carboxylic acids is 1. The first kappa shape index (κ1) is 23.1. The molecule has 1 N–H and O–H groups in total. The number of hydrogen-bond acceptors (Lipinski definition) is 5. The molecular formula is C29H35N5O2. The van der Waals surface area contributed by atoms with Crippen LogP contribution in [0.3, 0.4) is 0 Å². The van der Waals surface area contributed by atoms with Gasteiger partial charge in [-0.05, 0) is 75.8 Å². The second-order valence-corrected chi connectivity index (χ2v) is 10.3. The van der Waals surface area contributed by atoms with Crippen LogP contribution in [0.4, 0.5) is 11.4 Å². The van der Waals surface area contributed by atoms with Crippen molar-refractivity contribution in [3.63, 3.8) is 0 Å². The topological polar surface area (TPSA) is 64.7 Å². The van der Waals surface area contributed by atoms with Gasteiger partial charge in [0, 0.05) is 49.7 Å². The maximum absolute atomic E-state index is 13.0. The predicted octanol–water partition coefficient (Wildman–Crippen LogP) is 5.58. The van der Waals surface area contributed by atoms with Crippen molar-refractivity contribution in [2.24, 2.45) is 5.92 Å². The molecule has 1 amide bonds. The molecule has 1 aromatic heterocycles. The highest BCUT2D eigenvalue weighted by Crippen LogP contribution is 2.48. The molecule has 188 valence electrons. The lowest BCUT2D eigenvalue weighted by Crippen LogP contribution is -2.45. The van der Waals surface area contributed by atoms with Crippen LogP contribution in [0.2, 0.25) is 0 Å². The number of amides is 1. The van der Waals surface area contributed by atoms with Gasteiger partial charge < -0.3 is 19.5 Å². The number of carbonyl (C=O) groups is 1. The van der Waals surface area contributed by atoms with Crippen LogP contribution in [0.1, 0.15) is 55.7 Å². The van der Waals surface area contributed by atoms with E-state index in [1.54, 1.807) is 0 Å². The SMILES string of the molecule is CCN(CC)C(=O)c1ccc2c(c1)Oc1ccccc1N2CC1C[C@H]2CC[C@@H](C1)N2Cc1ncc[nH]1. The van der Waals surface area contributed by atoms with E-state index in [-0.39, 0.29) is 5.91 Å². The van der Waals surface area contributed by atoms with Gasteiger partial charge >= 0.3 is 0 Å². The number of nitrogens with one attached hydrogen (secondary N) is 1. The summed E-state index contributed by atoms with van der Waals surface area (Å²) in [6.07, 6.45) is 8.70. The van der Waals surface area contributed by atoms with Crippen LogP contribution < -0.4 is 9.64 Å². The van der Waals surface area contributed by atoms with Gasteiger partial charge in [-0.3, -0.25) is 9.69 Å².